The largest absolute Gasteiger partial charge is 0.573 e. The lowest BCUT2D eigenvalue weighted by Crippen LogP contribution is -2.51. The second-order valence-electron chi connectivity index (χ2n) is 5.69. The van der Waals surface area contributed by atoms with E-state index in [4.69, 9.17) is 0 Å². The number of benzene rings is 1. The number of dihydropyridines is 1. The van der Waals surface area contributed by atoms with Crippen LogP contribution in [-0.4, -0.2) is 18.8 Å². The van der Waals surface area contributed by atoms with Crippen LogP contribution in [0.5, 0.6) is 5.75 Å². The first-order valence-corrected chi connectivity index (χ1v) is 6.97. The zero-order chi connectivity index (χ0) is 16.7. The maximum atomic E-state index is 13.5. The molecular weight excluding hydrogens is 317 g/mol. The van der Waals surface area contributed by atoms with Crippen LogP contribution >= 0.6 is 0 Å². The Balaban J connectivity index is 1.97. The van der Waals surface area contributed by atoms with Gasteiger partial charge in [-0.2, -0.15) is 0 Å². The maximum absolute atomic E-state index is 13.5. The number of allylic oxidation sites excluding steroid dienone is 2. The third kappa shape index (κ3) is 3.18. The van der Waals surface area contributed by atoms with Crippen LogP contribution in [0, 0.1) is 6.20 Å². The van der Waals surface area contributed by atoms with E-state index in [9.17, 15) is 22.0 Å². The smallest absolute Gasteiger partial charge is 0.406 e. The molecule has 0 aromatic heterocycles. The molecule has 1 fully saturated rings. The fraction of sp³-hybridized carbons (Fsp3) is 0.375. The van der Waals surface area contributed by atoms with E-state index in [2.05, 4.69) is 16.3 Å². The van der Waals surface area contributed by atoms with Crippen LogP contribution in [-0.2, 0) is 5.41 Å². The summed E-state index contributed by atoms with van der Waals surface area (Å²) in [5.41, 5.74) is -0.182. The summed E-state index contributed by atoms with van der Waals surface area (Å²) in [6, 6.07) is 5.22. The van der Waals surface area contributed by atoms with Crippen molar-refractivity contribution in [2.45, 2.75) is 30.5 Å². The van der Waals surface area contributed by atoms with E-state index in [1.54, 1.807) is 12.2 Å². The van der Waals surface area contributed by atoms with Crippen LogP contribution in [0.15, 0.2) is 42.0 Å². The molecule has 0 bridgehead atoms. The van der Waals surface area contributed by atoms with E-state index in [1.165, 1.54) is 18.2 Å². The number of rotatable bonds is 3. The molecule has 0 saturated heterocycles. The lowest BCUT2D eigenvalue weighted by Gasteiger charge is -2.49. The van der Waals surface area contributed by atoms with Gasteiger partial charge in [-0.1, -0.05) is 24.3 Å². The van der Waals surface area contributed by atoms with Crippen LogP contribution in [0.2, 0.25) is 0 Å². The zero-order valence-electron chi connectivity index (χ0n) is 11.9. The molecule has 1 saturated carbocycles. The minimum absolute atomic E-state index is 0.362. The van der Waals surface area contributed by atoms with E-state index in [0.717, 1.165) is 6.07 Å². The lowest BCUT2D eigenvalue weighted by atomic mass is 9.58. The predicted molar refractivity (Wildman–Crippen MR) is 72.9 cm³/mol. The van der Waals surface area contributed by atoms with Crippen LogP contribution in [0.25, 0.3) is 0 Å². The Labute approximate surface area is 129 Å². The average molecular weight is 330 g/mol. The number of ether oxygens (including phenoxy) is 1. The maximum Gasteiger partial charge on any atom is 0.573 e. The van der Waals surface area contributed by atoms with Gasteiger partial charge in [-0.05, 0) is 23.3 Å². The summed E-state index contributed by atoms with van der Waals surface area (Å²) >= 11 is 0. The molecule has 0 spiro atoms. The average Bonchev–Trinajstić information content (AvgIpc) is 2.43. The van der Waals surface area contributed by atoms with Gasteiger partial charge in [-0.3, -0.25) is 0 Å². The predicted octanol–water partition coefficient (Wildman–Crippen LogP) is 4.10. The van der Waals surface area contributed by atoms with E-state index in [1.807, 2.05) is 0 Å². The van der Waals surface area contributed by atoms with E-state index in [-0.39, 0.29) is 0 Å². The highest BCUT2D eigenvalue weighted by Gasteiger charge is 2.59. The topological polar surface area (TPSA) is 21.3 Å². The first-order valence-electron chi connectivity index (χ1n) is 6.97. The highest BCUT2D eigenvalue weighted by molar-refractivity contribution is 5.48. The van der Waals surface area contributed by atoms with Gasteiger partial charge in [0.2, 0.25) is 0 Å². The van der Waals surface area contributed by atoms with Gasteiger partial charge in [0.15, 0.2) is 0 Å². The molecule has 0 unspecified atom stereocenters. The fourth-order valence-corrected chi connectivity index (χ4v) is 3.07. The summed E-state index contributed by atoms with van der Waals surface area (Å²) < 4.78 is 68.1. The molecule has 1 N–H and O–H groups in total. The monoisotopic (exact) mass is 330 g/mol. The van der Waals surface area contributed by atoms with Gasteiger partial charge in [0.1, 0.15) is 5.75 Å². The van der Waals surface area contributed by atoms with Crippen molar-refractivity contribution in [3.63, 3.8) is 0 Å². The van der Waals surface area contributed by atoms with Crippen LogP contribution in [0.3, 0.4) is 0 Å². The molecule has 1 heterocycles. The lowest BCUT2D eigenvalue weighted by molar-refractivity contribution is -0.274. The molecule has 0 amide bonds. The third-order valence-electron chi connectivity index (χ3n) is 3.98. The highest BCUT2D eigenvalue weighted by atomic mass is 19.4. The molecule has 2 nitrogen and oxygen atoms in total. The molecule has 1 aromatic carbocycles. The van der Waals surface area contributed by atoms with Gasteiger partial charge < -0.3 is 10.1 Å². The molecule has 3 rings (SSSR count). The van der Waals surface area contributed by atoms with Crippen LogP contribution < -0.4 is 10.1 Å². The molecule has 7 heteroatoms. The second kappa shape index (κ2) is 5.25. The van der Waals surface area contributed by atoms with Crippen LogP contribution in [0.4, 0.5) is 22.0 Å². The minimum atomic E-state index is -4.83. The summed E-state index contributed by atoms with van der Waals surface area (Å²) in [6.07, 6.45) is 0.534. The normalized spacial score (nSPS) is 21.9. The quantitative estimate of drug-likeness (QED) is 0.843. The Kier molecular flexibility index (Phi) is 3.61. The van der Waals surface area contributed by atoms with Crippen molar-refractivity contribution in [3.05, 3.63) is 53.8 Å². The van der Waals surface area contributed by atoms with Gasteiger partial charge in [0.25, 0.3) is 5.92 Å². The molecule has 23 heavy (non-hydrogen) atoms. The summed E-state index contributed by atoms with van der Waals surface area (Å²) in [4.78, 5) is 0. The van der Waals surface area contributed by atoms with Crippen molar-refractivity contribution >= 4 is 0 Å². The molecule has 1 aromatic rings. The van der Waals surface area contributed by atoms with Gasteiger partial charge in [-0.15, -0.1) is 13.2 Å². The van der Waals surface area contributed by atoms with Gasteiger partial charge in [0.05, 0.1) is 6.20 Å². The van der Waals surface area contributed by atoms with Gasteiger partial charge >= 0.3 is 6.36 Å². The number of nitrogens with one attached hydrogen (secondary N) is 1. The molecular formula is C16H13F5NO. The SMILES string of the molecule is FC1(F)CC(C2=[C]NCC=C2)(c2cccc(OC(F)(F)F)c2)C1. The molecule has 1 aliphatic heterocycles. The fourth-order valence-electron chi connectivity index (χ4n) is 3.07. The van der Waals surface area contributed by atoms with Crippen molar-refractivity contribution in [2.75, 3.05) is 6.54 Å². The van der Waals surface area contributed by atoms with Crippen molar-refractivity contribution in [1.82, 2.24) is 5.32 Å². The van der Waals surface area contributed by atoms with Gasteiger partial charge in [-0.25, -0.2) is 8.78 Å². The Morgan fingerprint density at radius 1 is 1.17 bits per heavy atom. The summed E-state index contributed by atoms with van der Waals surface area (Å²) in [5.74, 6) is -3.26. The summed E-state index contributed by atoms with van der Waals surface area (Å²) in [5, 5.41) is 2.83. The zero-order valence-corrected chi connectivity index (χ0v) is 11.9. The molecule has 2 aliphatic rings. The van der Waals surface area contributed by atoms with Crippen LogP contribution in [0.1, 0.15) is 18.4 Å². The Morgan fingerprint density at radius 3 is 2.48 bits per heavy atom. The first kappa shape index (κ1) is 15.8. The molecule has 0 atom stereocenters. The van der Waals surface area contributed by atoms with Crippen molar-refractivity contribution < 1.29 is 26.7 Å². The number of alkyl halides is 5. The second-order valence-corrected chi connectivity index (χ2v) is 5.69. The van der Waals surface area contributed by atoms with E-state index >= 15 is 0 Å². The number of halogens is 5. The molecule has 1 aliphatic carbocycles. The van der Waals surface area contributed by atoms with Crippen molar-refractivity contribution in [2.24, 2.45) is 0 Å². The molecule has 123 valence electrons. The third-order valence-corrected chi connectivity index (χ3v) is 3.98. The number of hydrogen-bond acceptors (Lipinski definition) is 2. The summed E-state index contributed by atoms with van der Waals surface area (Å²) in [7, 11) is 0. The van der Waals surface area contributed by atoms with E-state index < -0.39 is 36.3 Å². The Hall–Kier alpha value is -2.05. The molecule has 1 radical (unpaired) electrons. The summed E-state index contributed by atoms with van der Waals surface area (Å²) in [6.45, 7) is 0.535. The van der Waals surface area contributed by atoms with E-state index in [0.29, 0.717) is 17.7 Å². The first-order chi connectivity index (χ1) is 10.7. The Morgan fingerprint density at radius 2 is 1.91 bits per heavy atom. The number of hydrogen-bond donors (Lipinski definition) is 1. The van der Waals surface area contributed by atoms with Crippen molar-refractivity contribution in [1.29, 1.82) is 0 Å². The van der Waals surface area contributed by atoms with Crippen molar-refractivity contribution in [3.8, 4) is 5.75 Å². The minimum Gasteiger partial charge on any atom is -0.406 e. The van der Waals surface area contributed by atoms with Gasteiger partial charge in [0, 0.05) is 24.8 Å². The Bertz CT molecular complexity index is 655. The highest BCUT2D eigenvalue weighted by Crippen LogP contribution is 2.58. The standard InChI is InChI=1S/C16H13F5NO/c17-15(18)9-14(10-15,12-4-2-6-22-8-12)11-3-1-5-13(7-11)23-16(19,20)21/h1-5,7,22H,6,9-10H2.